The molecule has 5 aliphatic heterocycles. The standard InChI is InChI=1S/C60H43NO16/c62-43-30-40-47(52-49(43)75-60(77-52,38-25-12-4-13-26-38)39-27-14-5-15-28-39)46-41(31-44-50(48(46)63)76-59(74-44,36-21-8-2-9-22-36)37-23-10-3-11-24-37)56(65)71-53-51-45(33-69-57(73-51)34-18-6-1-7-19-34)70-58(54(53)72-55(40)64)68-32-35-20-16-17-29-42(35)61(66)67/h1-31,45,51,53-54,57-58,62-63H,32-33H2/t45-,51-,53+,54-,57-,58-/m1/s1. The second kappa shape index (κ2) is 18.8. The average Bonchev–Trinajstić information content (AvgIpc) is 4.21. The van der Waals surface area contributed by atoms with Crippen LogP contribution < -0.4 is 18.9 Å². The van der Waals surface area contributed by atoms with Gasteiger partial charge in [-0.05, 0) is 18.2 Å². The third-order valence-corrected chi connectivity index (χ3v) is 14.2. The number of nitrogens with zero attached hydrogens (tertiary/aromatic N) is 1. The van der Waals surface area contributed by atoms with Gasteiger partial charge >= 0.3 is 23.5 Å². The molecule has 8 aromatic carbocycles. The summed E-state index contributed by atoms with van der Waals surface area (Å²) in [5.41, 5.74) is 1.17. The van der Waals surface area contributed by atoms with Crippen LogP contribution >= 0.6 is 0 Å². The topological polar surface area (TPSA) is 210 Å². The molecule has 2 N–H and O–H groups in total. The molecule has 0 unspecified atom stereocenters. The smallest absolute Gasteiger partial charge is 0.339 e. The minimum absolute atomic E-state index is 0.0823. The average molecular weight is 1030 g/mol. The Bertz CT molecular complexity index is 3510. The van der Waals surface area contributed by atoms with E-state index in [-0.39, 0.29) is 57.5 Å². The van der Waals surface area contributed by atoms with Crippen LogP contribution in [0.3, 0.4) is 0 Å². The summed E-state index contributed by atoms with van der Waals surface area (Å²) in [5, 5.41) is 37.4. The zero-order valence-corrected chi connectivity index (χ0v) is 40.3. The van der Waals surface area contributed by atoms with Gasteiger partial charge in [-0.15, -0.1) is 0 Å². The fourth-order valence-electron chi connectivity index (χ4n) is 10.6. The zero-order chi connectivity index (χ0) is 52.4. The maximum absolute atomic E-state index is 15.8. The fraction of sp³-hybridized carbons (Fsp3) is 0.167. The molecule has 17 heteroatoms. The normalized spacial score (nSPS) is 22.2. The number of phenolic OH excluding ortho intramolecular Hbond substituents is 2. The molecule has 384 valence electrons. The van der Waals surface area contributed by atoms with E-state index in [2.05, 4.69) is 0 Å². The van der Waals surface area contributed by atoms with Gasteiger partial charge < -0.3 is 57.6 Å². The van der Waals surface area contributed by atoms with E-state index < -0.39 is 89.1 Å². The van der Waals surface area contributed by atoms with Crippen LogP contribution in [0.5, 0.6) is 34.5 Å². The molecule has 6 atom stereocenters. The number of hydrogen-bond donors (Lipinski definition) is 2. The van der Waals surface area contributed by atoms with Crippen LogP contribution in [-0.4, -0.2) is 64.4 Å². The van der Waals surface area contributed by atoms with Crippen molar-refractivity contribution in [1.29, 1.82) is 0 Å². The van der Waals surface area contributed by atoms with Crippen molar-refractivity contribution >= 4 is 17.6 Å². The number of aromatic hydroxyl groups is 2. The van der Waals surface area contributed by atoms with Crippen molar-refractivity contribution in [2.24, 2.45) is 0 Å². The van der Waals surface area contributed by atoms with E-state index in [1.165, 1.54) is 24.3 Å². The molecule has 5 aliphatic rings. The first-order chi connectivity index (χ1) is 37.6. The summed E-state index contributed by atoms with van der Waals surface area (Å²) in [7, 11) is 0. The Morgan fingerprint density at radius 2 is 1.06 bits per heavy atom. The Labute approximate surface area is 438 Å². The lowest BCUT2D eigenvalue weighted by Gasteiger charge is -2.48. The third kappa shape index (κ3) is 7.94. The predicted octanol–water partition coefficient (Wildman–Crippen LogP) is 10.1. The first kappa shape index (κ1) is 47.5. The molecule has 0 aliphatic carbocycles. The molecular formula is C60H43NO16. The van der Waals surface area contributed by atoms with Gasteiger partial charge in [-0.3, -0.25) is 10.1 Å². The second-order valence-electron chi connectivity index (χ2n) is 18.7. The van der Waals surface area contributed by atoms with Gasteiger partial charge in [-0.1, -0.05) is 164 Å². The highest BCUT2D eigenvalue weighted by atomic mass is 16.8. The molecule has 8 aromatic rings. The molecule has 2 saturated heterocycles. The van der Waals surface area contributed by atoms with Crippen LogP contribution in [-0.2, 0) is 46.6 Å². The predicted molar refractivity (Wildman–Crippen MR) is 270 cm³/mol. The SMILES string of the molecule is O=C1O[C@@H]2[C@@H](OC(=O)c3cc(O)c4c(c3-c3c1cc1c(c3O)OC(c3ccccc3)(c3ccccc3)O1)OC(c1ccccc1)(c1ccccc1)O4)[C@H](OCc1ccccc1[N+](=O)[O-])O[C@@H]1CO[C@@H](c3ccccc3)O[C@@H]21. The molecule has 0 amide bonds. The first-order valence-electron chi connectivity index (χ1n) is 24.6. The molecule has 13 rings (SSSR count). The van der Waals surface area contributed by atoms with Gasteiger partial charge in [0.05, 0.1) is 34.8 Å². The van der Waals surface area contributed by atoms with Crippen molar-refractivity contribution in [2.45, 2.75) is 55.2 Å². The number of nitro benzene ring substituents is 1. The van der Waals surface area contributed by atoms with Gasteiger partial charge in [0.15, 0.2) is 47.8 Å². The van der Waals surface area contributed by atoms with Gasteiger partial charge in [0.1, 0.15) is 12.2 Å². The van der Waals surface area contributed by atoms with Crippen LogP contribution in [0, 0.1) is 10.1 Å². The number of para-hydroxylation sites is 1. The molecular weight excluding hydrogens is 991 g/mol. The number of hydrogen-bond acceptors (Lipinski definition) is 16. The number of esters is 2. The molecule has 5 heterocycles. The monoisotopic (exact) mass is 1030 g/mol. The number of carbonyl (C=O) groups excluding carboxylic acids is 2. The van der Waals surface area contributed by atoms with E-state index in [1.54, 1.807) is 127 Å². The summed E-state index contributed by atoms with van der Waals surface area (Å²) in [6.07, 6.45) is -8.15. The Kier molecular flexibility index (Phi) is 11.6. The fourth-order valence-corrected chi connectivity index (χ4v) is 10.6. The summed E-state index contributed by atoms with van der Waals surface area (Å²) >= 11 is 0. The second-order valence-corrected chi connectivity index (χ2v) is 18.7. The van der Waals surface area contributed by atoms with Gasteiger partial charge in [-0.25, -0.2) is 9.59 Å². The zero-order valence-electron chi connectivity index (χ0n) is 40.3. The number of ether oxygens (including phenoxy) is 10. The minimum atomic E-state index is -1.83. The number of fused-ring (bicyclic) bond motifs is 9. The van der Waals surface area contributed by atoms with E-state index in [0.717, 1.165) is 6.07 Å². The van der Waals surface area contributed by atoms with Gasteiger partial charge in [0, 0.05) is 45.0 Å². The lowest BCUT2D eigenvalue weighted by Crippen LogP contribution is -2.64. The molecule has 17 nitrogen and oxygen atoms in total. The Morgan fingerprint density at radius 3 is 1.66 bits per heavy atom. The number of carbonyl (C=O) groups is 2. The lowest BCUT2D eigenvalue weighted by atomic mass is 9.90. The number of rotatable bonds is 9. The van der Waals surface area contributed by atoms with Crippen LogP contribution in [0.25, 0.3) is 11.1 Å². The molecule has 0 saturated carbocycles. The third-order valence-electron chi connectivity index (χ3n) is 14.2. The lowest BCUT2D eigenvalue weighted by molar-refractivity contribution is -0.387. The summed E-state index contributed by atoms with van der Waals surface area (Å²) in [5.74, 6) is -7.87. The summed E-state index contributed by atoms with van der Waals surface area (Å²) in [6, 6.07) is 53.2. The Hall–Kier alpha value is -9.26. The Morgan fingerprint density at radius 1 is 0.558 bits per heavy atom. The van der Waals surface area contributed by atoms with Crippen LogP contribution in [0.15, 0.2) is 188 Å². The largest absolute Gasteiger partial charge is 0.504 e. The van der Waals surface area contributed by atoms with Crippen molar-refractivity contribution in [2.75, 3.05) is 6.61 Å². The van der Waals surface area contributed by atoms with Crippen LogP contribution in [0.2, 0.25) is 0 Å². The molecule has 2 fully saturated rings. The van der Waals surface area contributed by atoms with E-state index in [0.29, 0.717) is 27.8 Å². The van der Waals surface area contributed by atoms with Crippen molar-refractivity contribution < 1.29 is 72.1 Å². The number of phenols is 2. The Balaban J connectivity index is 1.02. The maximum atomic E-state index is 15.8. The summed E-state index contributed by atoms with van der Waals surface area (Å²) < 4.78 is 66.1. The molecule has 0 spiro atoms. The van der Waals surface area contributed by atoms with Crippen LogP contribution in [0.4, 0.5) is 5.69 Å². The highest BCUT2D eigenvalue weighted by molar-refractivity contribution is 6.09. The van der Waals surface area contributed by atoms with Crippen molar-refractivity contribution in [1.82, 2.24) is 0 Å². The first-order valence-corrected chi connectivity index (χ1v) is 24.6. The van der Waals surface area contributed by atoms with Crippen molar-refractivity contribution in [3.05, 3.63) is 243 Å². The van der Waals surface area contributed by atoms with E-state index in [1.807, 2.05) is 30.3 Å². The van der Waals surface area contributed by atoms with Gasteiger partial charge in [-0.2, -0.15) is 0 Å². The summed E-state index contributed by atoms with van der Waals surface area (Å²) in [6.45, 7) is -0.559. The van der Waals surface area contributed by atoms with Gasteiger partial charge in [0.25, 0.3) is 5.69 Å². The van der Waals surface area contributed by atoms with E-state index in [4.69, 9.17) is 47.4 Å². The molecule has 0 radical (unpaired) electrons. The number of nitro groups is 1. The quantitative estimate of drug-likeness (QED) is 0.0782. The van der Waals surface area contributed by atoms with Crippen molar-refractivity contribution in [3.8, 4) is 45.6 Å². The highest BCUT2D eigenvalue weighted by Gasteiger charge is 2.57. The van der Waals surface area contributed by atoms with E-state index >= 15 is 9.59 Å². The summed E-state index contributed by atoms with van der Waals surface area (Å²) in [4.78, 5) is 42.9. The van der Waals surface area contributed by atoms with Gasteiger partial charge in [0.2, 0.25) is 11.5 Å². The molecule has 77 heavy (non-hydrogen) atoms. The van der Waals surface area contributed by atoms with Crippen LogP contribution in [0.1, 0.15) is 60.4 Å². The molecule has 0 aromatic heterocycles. The van der Waals surface area contributed by atoms with Crippen molar-refractivity contribution in [3.63, 3.8) is 0 Å². The maximum Gasteiger partial charge on any atom is 0.339 e. The molecule has 0 bridgehead atoms. The van der Waals surface area contributed by atoms with E-state index in [9.17, 15) is 20.3 Å². The highest BCUT2D eigenvalue weighted by Crippen LogP contribution is 2.62. The number of benzene rings is 8. The minimum Gasteiger partial charge on any atom is -0.504 e.